The predicted octanol–water partition coefficient (Wildman–Crippen LogP) is 1.62. The minimum Gasteiger partial charge on any atom is -0.354 e. The number of likely N-dealkylation sites (N-methyl/N-ethyl adjacent to an activating group) is 1. The molecule has 0 radical (unpaired) electrons. The third kappa shape index (κ3) is 2.76. The van der Waals surface area contributed by atoms with E-state index in [4.69, 9.17) is 0 Å². The van der Waals surface area contributed by atoms with E-state index in [0.29, 0.717) is 17.9 Å². The zero-order valence-corrected chi connectivity index (χ0v) is 12.2. The van der Waals surface area contributed by atoms with E-state index < -0.39 is 0 Å². The van der Waals surface area contributed by atoms with E-state index in [0.717, 1.165) is 50.4 Å². The zero-order valence-electron chi connectivity index (χ0n) is 12.2. The number of aryl methyl sites for hydroxylation is 1. The molecule has 1 atom stereocenters. The summed E-state index contributed by atoms with van der Waals surface area (Å²) in [7, 11) is 1.96. The van der Waals surface area contributed by atoms with Crippen molar-refractivity contribution in [1.82, 2.24) is 14.9 Å². The van der Waals surface area contributed by atoms with E-state index in [2.05, 4.69) is 14.9 Å². The summed E-state index contributed by atoms with van der Waals surface area (Å²) >= 11 is 0. The Morgan fingerprint density at radius 1 is 1.40 bits per heavy atom. The Kier molecular flexibility index (Phi) is 3.59. The summed E-state index contributed by atoms with van der Waals surface area (Å²) in [5.74, 6) is 2.41. The summed E-state index contributed by atoms with van der Waals surface area (Å²) in [5, 5.41) is 0. The minimum absolute atomic E-state index is 0.302. The summed E-state index contributed by atoms with van der Waals surface area (Å²) in [6, 6.07) is 2.27. The lowest BCUT2D eigenvalue weighted by Crippen LogP contribution is -2.49. The molecule has 1 aliphatic carbocycles. The van der Waals surface area contributed by atoms with E-state index in [-0.39, 0.29) is 0 Å². The van der Waals surface area contributed by atoms with Crippen molar-refractivity contribution < 1.29 is 4.79 Å². The summed E-state index contributed by atoms with van der Waals surface area (Å²) in [5.41, 5.74) is 0. The van der Waals surface area contributed by atoms with Crippen LogP contribution < -0.4 is 4.90 Å². The standard InChI is InChI=1S/C15H22N4O/c1-11-16-8-7-14(17-11)19-9-3-4-13(10-19)18(2)15(20)12-5-6-12/h7-8,12-13H,3-6,9-10H2,1-2H3. The van der Waals surface area contributed by atoms with Gasteiger partial charge in [0.2, 0.25) is 5.91 Å². The molecule has 5 heteroatoms. The highest BCUT2D eigenvalue weighted by Crippen LogP contribution is 2.32. The van der Waals surface area contributed by atoms with Crippen molar-refractivity contribution in [2.45, 2.75) is 38.6 Å². The molecule has 3 rings (SSSR count). The van der Waals surface area contributed by atoms with Crippen molar-refractivity contribution in [1.29, 1.82) is 0 Å². The molecule has 0 N–H and O–H groups in total. The fourth-order valence-corrected chi connectivity index (χ4v) is 2.90. The first-order chi connectivity index (χ1) is 9.65. The largest absolute Gasteiger partial charge is 0.354 e. The van der Waals surface area contributed by atoms with Gasteiger partial charge in [-0.2, -0.15) is 0 Å². The number of aromatic nitrogens is 2. The van der Waals surface area contributed by atoms with E-state index in [9.17, 15) is 4.79 Å². The average Bonchev–Trinajstić information content (AvgIpc) is 3.30. The summed E-state index contributed by atoms with van der Waals surface area (Å²) in [4.78, 5) is 25.1. The maximum absolute atomic E-state index is 12.2. The molecule has 0 bridgehead atoms. The lowest BCUT2D eigenvalue weighted by atomic mass is 10.0. The van der Waals surface area contributed by atoms with Crippen molar-refractivity contribution in [2.24, 2.45) is 5.92 Å². The van der Waals surface area contributed by atoms with Gasteiger partial charge in [0, 0.05) is 38.3 Å². The summed E-state index contributed by atoms with van der Waals surface area (Å²) in [6.45, 7) is 3.80. The second-order valence-electron chi connectivity index (χ2n) is 5.93. The van der Waals surface area contributed by atoms with Crippen LogP contribution in [-0.2, 0) is 4.79 Å². The number of carbonyl (C=O) groups excluding carboxylic acids is 1. The van der Waals surface area contributed by atoms with E-state index in [1.807, 2.05) is 24.9 Å². The van der Waals surface area contributed by atoms with Crippen molar-refractivity contribution in [3.05, 3.63) is 18.1 Å². The Labute approximate surface area is 120 Å². The quantitative estimate of drug-likeness (QED) is 0.840. The molecule has 1 aliphatic heterocycles. The molecule has 1 saturated carbocycles. The van der Waals surface area contributed by atoms with Crippen LogP contribution in [0.2, 0.25) is 0 Å². The van der Waals surface area contributed by atoms with Crippen LogP contribution >= 0.6 is 0 Å². The molecular weight excluding hydrogens is 252 g/mol. The van der Waals surface area contributed by atoms with Crippen molar-refractivity contribution in [3.8, 4) is 0 Å². The van der Waals surface area contributed by atoms with Gasteiger partial charge in [0.05, 0.1) is 0 Å². The van der Waals surface area contributed by atoms with E-state index >= 15 is 0 Å². The van der Waals surface area contributed by atoms with Crippen LogP contribution in [0.3, 0.4) is 0 Å². The first-order valence-corrected chi connectivity index (χ1v) is 7.46. The number of rotatable bonds is 3. The van der Waals surface area contributed by atoms with Gasteiger partial charge in [-0.3, -0.25) is 4.79 Å². The average molecular weight is 274 g/mol. The maximum Gasteiger partial charge on any atom is 0.225 e. The molecule has 2 fully saturated rings. The highest BCUT2D eigenvalue weighted by atomic mass is 16.2. The first-order valence-electron chi connectivity index (χ1n) is 7.46. The number of hydrogen-bond acceptors (Lipinski definition) is 4. The van der Waals surface area contributed by atoms with Gasteiger partial charge in [-0.25, -0.2) is 9.97 Å². The number of carbonyl (C=O) groups is 1. The molecule has 108 valence electrons. The number of amides is 1. The Bertz CT molecular complexity index is 500. The Morgan fingerprint density at radius 3 is 2.90 bits per heavy atom. The molecule has 0 aromatic carbocycles. The number of anilines is 1. The van der Waals surface area contributed by atoms with Crippen LogP contribution in [0.25, 0.3) is 0 Å². The van der Waals surface area contributed by atoms with E-state index in [1.165, 1.54) is 0 Å². The van der Waals surface area contributed by atoms with E-state index in [1.54, 1.807) is 6.20 Å². The second-order valence-corrected chi connectivity index (χ2v) is 5.93. The fraction of sp³-hybridized carbons (Fsp3) is 0.667. The highest BCUT2D eigenvalue weighted by molar-refractivity contribution is 5.81. The third-order valence-corrected chi connectivity index (χ3v) is 4.30. The summed E-state index contributed by atoms with van der Waals surface area (Å²) < 4.78 is 0. The monoisotopic (exact) mass is 274 g/mol. The van der Waals surface area contributed by atoms with Gasteiger partial charge in [0.25, 0.3) is 0 Å². The zero-order chi connectivity index (χ0) is 14.1. The fourth-order valence-electron chi connectivity index (χ4n) is 2.90. The lowest BCUT2D eigenvalue weighted by Gasteiger charge is -2.38. The van der Waals surface area contributed by atoms with Crippen LogP contribution in [0.5, 0.6) is 0 Å². The Hall–Kier alpha value is -1.65. The lowest BCUT2D eigenvalue weighted by molar-refractivity contribution is -0.133. The molecule has 1 amide bonds. The Morgan fingerprint density at radius 2 is 2.20 bits per heavy atom. The van der Waals surface area contributed by atoms with Crippen LogP contribution in [0.4, 0.5) is 5.82 Å². The molecule has 1 aromatic rings. The minimum atomic E-state index is 0.302. The van der Waals surface area contributed by atoms with Crippen LogP contribution in [0.15, 0.2) is 12.3 Å². The number of nitrogens with zero attached hydrogens (tertiary/aromatic N) is 4. The smallest absolute Gasteiger partial charge is 0.225 e. The summed E-state index contributed by atoms with van der Waals surface area (Å²) in [6.07, 6.45) is 6.15. The molecule has 1 saturated heterocycles. The molecule has 2 aliphatic rings. The van der Waals surface area contributed by atoms with Crippen molar-refractivity contribution >= 4 is 11.7 Å². The van der Waals surface area contributed by atoms with Gasteiger partial charge in [0.15, 0.2) is 0 Å². The topological polar surface area (TPSA) is 49.3 Å². The van der Waals surface area contributed by atoms with Crippen molar-refractivity contribution in [3.63, 3.8) is 0 Å². The molecule has 2 heterocycles. The highest BCUT2D eigenvalue weighted by Gasteiger charge is 2.35. The first kappa shape index (κ1) is 13.3. The van der Waals surface area contributed by atoms with Crippen LogP contribution in [0, 0.1) is 12.8 Å². The third-order valence-electron chi connectivity index (χ3n) is 4.30. The van der Waals surface area contributed by atoms with Crippen LogP contribution in [0.1, 0.15) is 31.5 Å². The van der Waals surface area contributed by atoms with Gasteiger partial charge >= 0.3 is 0 Å². The predicted molar refractivity (Wildman–Crippen MR) is 77.5 cm³/mol. The van der Waals surface area contributed by atoms with Gasteiger partial charge in [-0.15, -0.1) is 0 Å². The molecule has 1 aromatic heterocycles. The molecule has 5 nitrogen and oxygen atoms in total. The number of piperidine rings is 1. The maximum atomic E-state index is 12.2. The molecular formula is C15H22N4O. The van der Waals surface area contributed by atoms with Gasteiger partial charge < -0.3 is 9.80 Å². The van der Waals surface area contributed by atoms with Gasteiger partial charge in [0.1, 0.15) is 11.6 Å². The second kappa shape index (κ2) is 5.38. The van der Waals surface area contributed by atoms with Crippen LogP contribution in [-0.4, -0.2) is 47.0 Å². The van der Waals surface area contributed by atoms with Crippen molar-refractivity contribution in [2.75, 3.05) is 25.0 Å². The van der Waals surface area contributed by atoms with Gasteiger partial charge in [-0.1, -0.05) is 0 Å². The normalized spacial score (nSPS) is 22.7. The number of hydrogen-bond donors (Lipinski definition) is 0. The molecule has 20 heavy (non-hydrogen) atoms. The SMILES string of the molecule is Cc1nccc(N2CCCC(N(C)C(=O)C3CC3)C2)n1. The molecule has 0 spiro atoms. The molecule has 1 unspecified atom stereocenters. The van der Waals surface area contributed by atoms with Gasteiger partial charge in [-0.05, 0) is 38.7 Å². The Balaban J connectivity index is 1.68.